The van der Waals surface area contributed by atoms with Crippen LogP contribution in [0, 0.1) is 6.92 Å². The lowest BCUT2D eigenvalue weighted by Crippen LogP contribution is -2.28. The molecule has 0 aliphatic heterocycles. The number of halogens is 3. The first-order valence-corrected chi connectivity index (χ1v) is 7.91. The van der Waals surface area contributed by atoms with Crippen LogP contribution in [0.4, 0.5) is 23.9 Å². The maximum atomic E-state index is 11.9. The highest BCUT2D eigenvalue weighted by Gasteiger charge is 2.38. The van der Waals surface area contributed by atoms with E-state index in [1.54, 1.807) is 45.0 Å². The lowest BCUT2D eigenvalue weighted by atomic mass is 10.2. The first kappa shape index (κ1) is 23.5. The second-order valence-corrected chi connectivity index (χ2v) is 5.39. The minimum Gasteiger partial charge on any atom is -0.497 e. The van der Waals surface area contributed by atoms with Crippen LogP contribution in [0.25, 0.3) is 0 Å². The molecule has 160 valence electrons. The van der Waals surface area contributed by atoms with Gasteiger partial charge in [0.1, 0.15) is 17.3 Å². The fourth-order valence-electron chi connectivity index (χ4n) is 1.86. The maximum Gasteiger partial charge on any atom is 0.490 e. The minimum absolute atomic E-state index is 0.259. The molecule has 0 atom stereocenters. The number of carbonyl (C=O) groups is 2. The van der Waals surface area contributed by atoms with Crippen LogP contribution in [0.15, 0.2) is 18.2 Å². The van der Waals surface area contributed by atoms with Crippen molar-refractivity contribution in [1.29, 1.82) is 0 Å². The number of carboxylic acids is 1. The highest BCUT2D eigenvalue weighted by Crippen LogP contribution is 2.23. The summed E-state index contributed by atoms with van der Waals surface area (Å²) in [6.07, 6.45) is -5.08. The van der Waals surface area contributed by atoms with Crippen LogP contribution in [-0.2, 0) is 18.4 Å². The van der Waals surface area contributed by atoms with E-state index in [0.717, 1.165) is 5.56 Å². The van der Waals surface area contributed by atoms with E-state index in [2.05, 4.69) is 20.7 Å². The summed E-state index contributed by atoms with van der Waals surface area (Å²) in [4.78, 5) is 24.9. The van der Waals surface area contributed by atoms with Crippen LogP contribution < -0.4 is 20.1 Å². The van der Waals surface area contributed by atoms with E-state index in [-0.39, 0.29) is 12.5 Å². The Labute approximate surface area is 163 Å². The van der Waals surface area contributed by atoms with Crippen molar-refractivity contribution in [3.63, 3.8) is 0 Å². The summed E-state index contributed by atoms with van der Waals surface area (Å²) < 4.78 is 43.7. The number of hydrogen-bond acceptors (Lipinski definition) is 6. The number of carbonyl (C=O) groups excluding carboxylic acids is 1. The molecule has 0 aliphatic rings. The summed E-state index contributed by atoms with van der Waals surface area (Å²) in [5.74, 6) is -0.416. The molecule has 0 spiro atoms. The number of benzene rings is 1. The number of carboxylic acid groups (broad SMARTS) is 1. The van der Waals surface area contributed by atoms with Gasteiger partial charge >= 0.3 is 18.2 Å². The molecule has 0 fully saturated rings. The highest BCUT2D eigenvalue weighted by molar-refractivity contribution is 5.87. The third kappa shape index (κ3) is 7.56. The fraction of sp³-hybridized carbons (Fsp3) is 0.375. The van der Waals surface area contributed by atoms with Crippen molar-refractivity contribution >= 4 is 17.9 Å². The predicted octanol–water partition coefficient (Wildman–Crippen LogP) is 2.10. The Hall–Kier alpha value is -3.51. The Morgan fingerprint density at radius 3 is 2.31 bits per heavy atom. The molecule has 1 heterocycles. The van der Waals surface area contributed by atoms with Gasteiger partial charge in [0.15, 0.2) is 0 Å². The van der Waals surface area contributed by atoms with E-state index < -0.39 is 18.2 Å². The van der Waals surface area contributed by atoms with Gasteiger partial charge < -0.3 is 19.9 Å². The largest absolute Gasteiger partial charge is 0.497 e. The van der Waals surface area contributed by atoms with E-state index in [1.807, 2.05) is 6.07 Å². The number of aryl methyl sites for hydroxylation is 2. The summed E-state index contributed by atoms with van der Waals surface area (Å²) in [7, 11) is 4.92. The van der Waals surface area contributed by atoms with Gasteiger partial charge in [0.05, 0.1) is 14.2 Å². The van der Waals surface area contributed by atoms with Gasteiger partial charge in [-0.25, -0.2) is 9.59 Å². The topological polar surface area (TPSA) is 128 Å². The number of nitrogens with one attached hydrogen (secondary N) is 2. The SMILES string of the molecule is COc1ccc(OC)c(CNC(=O)Nc2nc(C)n(C)n2)c1.O=C(O)C(F)(F)F. The van der Waals surface area contributed by atoms with Gasteiger partial charge in [0.2, 0.25) is 5.95 Å². The minimum atomic E-state index is -5.08. The summed E-state index contributed by atoms with van der Waals surface area (Å²) >= 11 is 0. The van der Waals surface area contributed by atoms with Crippen molar-refractivity contribution in [2.75, 3.05) is 19.5 Å². The zero-order valence-electron chi connectivity index (χ0n) is 16.0. The Morgan fingerprint density at radius 1 is 1.24 bits per heavy atom. The fourth-order valence-corrected chi connectivity index (χ4v) is 1.86. The van der Waals surface area contributed by atoms with E-state index in [4.69, 9.17) is 19.4 Å². The second kappa shape index (κ2) is 10.1. The average Bonchev–Trinajstić information content (AvgIpc) is 2.96. The summed E-state index contributed by atoms with van der Waals surface area (Å²) in [5, 5.41) is 16.5. The van der Waals surface area contributed by atoms with Crippen molar-refractivity contribution in [3.05, 3.63) is 29.6 Å². The van der Waals surface area contributed by atoms with Gasteiger partial charge in [-0.2, -0.15) is 18.2 Å². The monoisotopic (exact) mass is 419 g/mol. The maximum absolute atomic E-state index is 11.9. The van der Waals surface area contributed by atoms with E-state index >= 15 is 0 Å². The molecule has 29 heavy (non-hydrogen) atoms. The summed E-state index contributed by atoms with van der Waals surface area (Å²) in [6, 6.07) is 5.00. The molecule has 0 saturated heterocycles. The Bertz CT molecular complexity index is 834. The van der Waals surface area contributed by atoms with Crippen LogP contribution >= 0.6 is 0 Å². The first-order valence-electron chi connectivity index (χ1n) is 7.91. The molecule has 0 radical (unpaired) electrons. The van der Waals surface area contributed by atoms with Crippen molar-refractivity contribution in [3.8, 4) is 11.5 Å². The Kier molecular flexibility index (Phi) is 8.23. The van der Waals surface area contributed by atoms with Crippen molar-refractivity contribution in [2.45, 2.75) is 19.6 Å². The Morgan fingerprint density at radius 2 is 1.86 bits per heavy atom. The molecule has 3 N–H and O–H groups in total. The normalized spacial score (nSPS) is 10.4. The standard InChI is InChI=1S/C14H19N5O3.C2HF3O2/c1-9-16-13(18-19(9)2)17-14(20)15-8-10-7-11(21-3)5-6-12(10)22-4;3-2(4,5)1(6)7/h5-7H,8H2,1-4H3,(H2,15,17,18,20);(H,6,7). The van der Waals surface area contributed by atoms with Crippen LogP contribution in [0.1, 0.15) is 11.4 Å². The number of methoxy groups -OCH3 is 2. The lowest BCUT2D eigenvalue weighted by molar-refractivity contribution is -0.192. The quantitative estimate of drug-likeness (QED) is 0.677. The van der Waals surface area contributed by atoms with Gasteiger partial charge in [0, 0.05) is 19.2 Å². The summed E-state index contributed by atoms with van der Waals surface area (Å²) in [6.45, 7) is 2.09. The van der Waals surface area contributed by atoms with E-state index in [9.17, 15) is 18.0 Å². The molecule has 2 amide bonds. The number of ether oxygens (including phenoxy) is 2. The van der Waals surface area contributed by atoms with Gasteiger partial charge in [-0.05, 0) is 25.1 Å². The molecule has 2 rings (SSSR count). The number of anilines is 1. The molecule has 1 aromatic heterocycles. The molecule has 13 heteroatoms. The van der Waals surface area contributed by atoms with Gasteiger partial charge in [0.25, 0.3) is 0 Å². The van der Waals surface area contributed by atoms with Gasteiger partial charge in [-0.15, -0.1) is 5.10 Å². The molecule has 10 nitrogen and oxygen atoms in total. The molecule has 2 aromatic rings. The average molecular weight is 419 g/mol. The van der Waals surface area contributed by atoms with Crippen molar-refractivity contribution < 1.29 is 37.3 Å². The molecular weight excluding hydrogens is 399 g/mol. The number of rotatable bonds is 5. The van der Waals surface area contributed by atoms with Gasteiger partial charge in [-0.1, -0.05) is 0 Å². The Balaban J connectivity index is 0.000000516. The predicted molar refractivity (Wildman–Crippen MR) is 94.8 cm³/mol. The molecule has 0 aliphatic carbocycles. The highest BCUT2D eigenvalue weighted by atomic mass is 19.4. The number of amides is 2. The molecule has 0 bridgehead atoms. The van der Waals surface area contributed by atoms with Crippen molar-refractivity contribution in [1.82, 2.24) is 20.1 Å². The summed E-state index contributed by atoms with van der Waals surface area (Å²) in [5.41, 5.74) is 0.808. The number of aromatic nitrogens is 3. The van der Waals surface area contributed by atoms with Crippen LogP contribution in [0.3, 0.4) is 0 Å². The van der Waals surface area contributed by atoms with Crippen LogP contribution in [0.2, 0.25) is 0 Å². The number of aliphatic carboxylic acids is 1. The molecular formula is C16H20F3N5O5. The molecule has 0 saturated carbocycles. The van der Waals surface area contributed by atoms with Gasteiger partial charge in [-0.3, -0.25) is 10.00 Å². The zero-order valence-corrected chi connectivity index (χ0v) is 16.0. The third-order valence-electron chi connectivity index (χ3n) is 3.38. The smallest absolute Gasteiger partial charge is 0.490 e. The second-order valence-electron chi connectivity index (χ2n) is 5.39. The van der Waals surface area contributed by atoms with E-state index in [0.29, 0.717) is 17.3 Å². The number of nitrogens with zero attached hydrogens (tertiary/aromatic N) is 3. The molecule has 0 unspecified atom stereocenters. The molecule has 1 aromatic carbocycles. The van der Waals surface area contributed by atoms with Crippen LogP contribution in [-0.4, -0.2) is 52.3 Å². The third-order valence-corrected chi connectivity index (χ3v) is 3.38. The zero-order chi connectivity index (χ0) is 22.2. The van der Waals surface area contributed by atoms with Crippen LogP contribution in [0.5, 0.6) is 11.5 Å². The van der Waals surface area contributed by atoms with E-state index in [1.165, 1.54) is 0 Å². The lowest BCUT2D eigenvalue weighted by Gasteiger charge is -2.11. The number of hydrogen-bond donors (Lipinski definition) is 3. The number of alkyl halides is 3. The van der Waals surface area contributed by atoms with Crippen molar-refractivity contribution in [2.24, 2.45) is 7.05 Å². The first-order chi connectivity index (χ1) is 13.5. The number of urea groups is 1.